The molecule has 0 bridgehead atoms. The first-order valence-electron chi connectivity index (χ1n) is 6.53. The summed E-state index contributed by atoms with van der Waals surface area (Å²) in [5.74, 6) is -0.182. The summed E-state index contributed by atoms with van der Waals surface area (Å²) >= 11 is 1.26. The van der Waals surface area contributed by atoms with Crippen molar-refractivity contribution < 1.29 is 14.3 Å². The van der Waals surface area contributed by atoms with Crippen molar-refractivity contribution >= 4 is 28.5 Å². The third-order valence-electron chi connectivity index (χ3n) is 2.53. The Hall–Kier alpha value is -1.63. The summed E-state index contributed by atoms with van der Waals surface area (Å²) in [6.45, 7) is 7.16. The fourth-order valence-corrected chi connectivity index (χ4v) is 2.33. The summed E-state index contributed by atoms with van der Waals surface area (Å²) in [4.78, 5) is 28.5. The number of aromatic nitrogens is 1. The van der Waals surface area contributed by atoms with Crippen LogP contribution in [0.4, 0.5) is 9.93 Å². The molecule has 2 N–H and O–H groups in total. The van der Waals surface area contributed by atoms with Crippen LogP contribution >= 0.6 is 11.3 Å². The van der Waals surface area contributed by atoms with Crippen LogP contribution in [0.3, 0.4) is 0 Å². The second-order valence-corrected chi connectivity index (χ2v) is 7.00. The molecule has 1 aliphatic rings. The third-order valence-corrected chi connectivity index (χ3v) is 3.42. The zero-order valence-corrected chi connectivity index (χ0v) is 12.9. The standard InChI is InChI=1S/C13H19N3O3S/c1-7-9(10(17)14-8-5-6-8)15-11(20-7)16-12(18)19-13(2,3)4/h8H,5-6H2,1-4H3,(H,14,17)(H,15,16,18). The number of amides is 2. The summed E-state index contributed by atoms with van der Waals surface area (Å²) in [6, 6.07) is 0.283. The number of nitrogens with zero attached hydrogens (tertiary/aromatic N) is 1. The van der Waals surface area contributed by atoms with Crippen LogP contribution in [0, 0.1) is 6.92 Å². The van der Waals surface area contributed by atoms with Crippen LogP contribution in [0.15, 0.2) is 0 Å². The average Bonchev–Trinajstić information content (AvgIpc) is 2.99. The summed E-state index contributed by atoms with van der Waals surface area (Å²) < 4.78 is 5.14. The summed E-state index contributed by atoms with van der Waals surface area (Å²) in [6.07, 6.45) is 1.48. The van der Waals surface area contributed by atoms with Crippen molar-refractivity contribution in [3.05, 3.63) is 10.6 Å². The zero-order chi connectivity index (χ0) is 14.9. The van der Waals surface area contributed by atoms with Gasteiger partial charge in [0.15, 0.2) is 5.13 Å². The molecule has 1 aromatic rings. The number of nitrogens with one attached hydrogen (secondary N) is 2. The van der Waals surface area contributed by atoms with E-state index in [9.17, 15) is 9.59 Å². The molecular weight excluding hydrogens is 278 g/mol. The normalized spacial score (nSPS) is 14.8. The summed E-state index contributed by atoms with van der Waals surface area (Å²) in [5.41, 5.74) is -0.198. The first kappa shape index (κ1) is 14.8. The van der Waals surface area contributed by atoms with Crippen LogP contribution in [-0.2, 0) is 4.74 Å². The molecule has 2 amide bonds. The number of anilines is 1. The molecule has 0 aromatic carbocycles. The first-order chi connectivity index (χ1) is 9.24. The van der Waals surface area contributed by atoms with Gasteiger partial charge in [-0.05, 0) is 40.5 Å². The van der Waals surface area contributed by atoms with Crippen LogP contribution in [0.5, 0.6) is 0 Å². The van der Waals surface area contributed by atoms with E-state index < -0.39 is 11.7 Å². The molecule has 20 heavy (non-hydrogen) atoms. The van der Waals surface area contributed by atoms with Crippen LogP contribution in [0.1, 0.15) is 49.0 Å². The predicted molar refractivity (Wildman–Crippen MR) is 77.2 cm³/mol. The Kier molecular flexibility index (Phi) is 3.99. The van der Waals surface area contributed by atoms with Crippen molar-refractivity contribution in [1.82, 2.24) is 10.3 Å². The second kappa shape index (κ2) is 5.40. The molecular formula is C13H19N3O3S. The second-order valence-electron chi connectivity index (χ2n) is 5.80. The molecule has 110 valence electrons. The van der Waals surface area contributed by atoms with Gasteiger partial charge in [0.25, 0.3) is 5.91 Å². The average molecular weight is 297 g/mol. The van der Waals surface area contributed by atoms with E-state index in [1.165, 1.54) is 11.3 Å². The van der Waals surface area contributed by atoms with Gasteiger partial charge in [-0.25, -0.2) is 9.78 Å². The minimum absolute atomic E-state index is 0.182. The molecule has 7 heteroatoms. The number of carbonyl (C=O) groups excluding carboxylic acids is 2. The number of hydrogen-bond donors (Lipinski definition) is 2. The highest BCUT2D eigenvalue weighted by molar-refractivity contribution is 7.16. The van der Waals surface area contributed by atoms with E-state index in [-0.39, 0.29) is 11.9 Å². The topological polar surface area (TPSA) is 80.3 Å². The molecule has 1 aromatic heterocycles. The monoisotopic (exact) mass is 297 g/mol. The molecule has 6 nitrogen and oxygen atoms in total. The third kappa shape index (κ3) is 4.19. The van der Waals surface area contributed by atoms with Gasteiger partial charge in [-0.15, -0.1) is 11.3 Å². The maximum atomic E-state index is 11.9. The number of aryl methyl sites for hydroxylation is 1. The van der Waals surface area contributed by atoms with Crippen molar-refractivity contribution in [3.8, 4) is 0 Å². The largest absolute Gasteiger partial charge is 0.444 e. The Morgan fingerprint density at radius 2 is 2.00 bits per heavy atom. The van der Waals surface area contributed by atoms with Crippen LogP contribution < -0.4 is 10.6 Å². The van der Waals surface area contributed by atoms with Gasteiger partial charge in [-0.1, -0.05) is 0 Å². The van der Waals surface area contributed by atoms with Gasteiger partial charge in [-0.3, -0.25) is 10.1 Å². The van der Waals surface area contributed by atoms with Gasteiger partial charge >= 0.3 is 6.09 Å². The highest BCUT2D eigenvalue weighted by Gasteiger charge is 2.26. The highest BCUT2D eigenvalue weighted by atomic mass is 32.1. The Bertz CT molecular complexity index is 529. The Labute approximate surface area is 121 Å². The Morgan fingerprint density at radius 1 is 1.35 bits per heavy atom. The number of thiazole rings is 1. The van der Waals surface area contributed by atoms with E-state index in [1.54, 1.807) is 27.7 Å². The molecule has 1 saturated carbocycles. The molecule has 1 aliphatic carbocycles. The summed E-state index contributed by atoms with van der Waals surface area (Å²) in [5, 5.41) is 5.80. The maximum Gasteiger partial charge on any atom is 0.413 e. The minimum Gasteiger partial charge on any atom is -0.444 e. The van der Waals surface area contributed by atoms with E-state index >= 15 is 0 Å². The van der Waals surface area contributed by atoms with Gasteiger partial charge in [0.2, 0.25) is 0 Å². The lowest BCUT2D eigenvalue weighted by Gasteiger charge is -2.18. The fraction of sp³-hybridized carbons (Fsp3) is 0.615. The highest BCUT2D eigenvalue weighted by Crippen LogP contribution is 2.24. The van der Waals surface area contributed by atoms with E-state index in [2.05, 4.69) is 15.6 Å². The molecule has 1 heterocycles. The van der Waals surface area contributed by atoms with Crippen molar-refractivity contribution in [1.29, 1.82) is 0 Å². The van der Waals surface area contributed by atoms with Crippen molar-refractivity contribution in [2.24, 2.45) is 0 Å². The molecule has 0 radical (unpaired) electrons. The molecule has 0 unspecified atom stereocenters. The number of rotatable bonds is 3. The van der Waals surface area contributed by atoms with Crippen LogP contribution in [0.2, 0.25) is 0 Å². The number of carbonyl (C=O) groups is 2. The van der Waals surface area contributed by atoms with Gasteiger partial charge in [0.1, 0.15) is 11.3 Å². The maximum absolute atomic E-state index is 11.9. The van der Waals surface area contributed by atoms with Crippen LogP contribution in [0.25, 0.3) is 0 Å². The van der Waals surface area contributed by atoms with Crippen molar-refractivity contribution in [3.63, 3.8) is 0 Å². The summed E-state index contributed by atoms with van der Waals surface area (Å²) in [7, 11) is 0. The SMILES string of the molecule is Cc1sc(NC(=O)OC(C)(C)C)nc1C(=O)NC1CC1. The van der Waals surface area contributed by atoms with Gasteiger partial charge in [0, 0.05) is 10.9 Å². The molecule has 1 fully saturated rings. The quantitative estimate of drug-likeness (QED) is 0.899. The lowest BCUT2D eigenvalue weighted by Crippen LogP contribution is -2.27. The lowest BCUT2D eigenvalue weighted by molar-refractivity contribution is 0.0635. The molecule has 2 rings (SSSR count). The molecule has 0 aliphatic heterocycles. The van der Waals surface area contributed by atoms with E-state index in [1.807, 2.05) is 0 Å². The molecule has 0 spiro atoms. The van der Waals surface area contributed by atoms with Gasteiger partial charge in [-0.2, -0.15) is 0 Å². The van der Waals surface area contributed by atoms with Crippen molar-refractivity contribution in [2.45, 2.75) is 52.2 Å². The number of hydrogen-bond acceptors (Lipinski definition) is 5. The fourth-order valence-electron chi connectivity index (χ4n) is 1.53. The predicted octanol–water partition coefficient (Wildman–Crippen LogP) is 2.69. The molecule has 0 saturated heterocycles. The van der Waals surface area contributed by atoms with Crippen molar-refractivity contribution in [2.75, 3.05) is 5.32 Å². The number of ether oxygens (including phenoxy) is 1. The first-order valence-corrected chi connectivity index (χ1v) is 7.34. The van der Waals surface area contributed by atoms with E-state index in [4.69, 9.17) is 4.74 Å². The van der Waals surface area contributed by atoms with Gasteiger partial charge < -0.3 is 10.1 Å². The molecule has 0 atom stereocenters. The Balaban J connectivity index is 1.99. The Morgan fingerprint density at radius 3 is 2.55 bits per heavy atom. The zero-order valence-electron chi connectivity index (χ0n) is 12.1. The van der Waals surface area contributed by atoms with E-state index in [0.717, 1.165) is 17.7 Å². The lowest BCUT2D eigenvalue weighted by atomic mass is 10.2. The minimum atomic E-state index is -0.569. The van der Waals surface area contributed by atoms with E-state index in [0.29, 0.717) is 10.8 Å². The smallest absolute Gasteiger partial charge is 0.413 e. The van der Waals surface area contributed by atoms with Crippen LogP contribution in [-0.4, -0.2) is 28.6 Å². The van der Waals surface area contributed by atoms with Gasteiger partial charge in [0.05, 0.1) is 0 Å².